The Hall–Kier alpha value is -1.75. The third kappa shape index (κ3) is 3.13. The normalized spacial score (nSPS) is 16.3. The van der Waals surface area contributed by atoms with Gasteiger partial charge >= 0.3 is 0 Å². The molecule has 2 heterocycles. The molecule has 3 rings (SSSR count). The summed E-state index contributed by atoms with van der Waals surface area (Å²) in [5, 5.41) is 7.87. The molecule has 0 radical (unpaired) electrons. The summed E-state index contributed by atoms with van der Waals surface area (Å²) >= 11 is 0. The molecule has 0 unspecified atom stereocenters. The van der Waals surface area contributed by atoms with E-state index in [2.05, 4.69) is 16.5 Å². The largest absolute Gasteiger partial charge is 0.317 e. The Morgan fingerprint density at radius 1 is 1.19 bits per heavy atom. The Kier molecular flexibility index (Phi) is 4.01. The zero-order valence-electron chi connectivity index (χ0n) is 12.1. The maximum Gasteiger partial charge on any atom is 0.159 e. The van der Waals surface area contributed by atoms with E-state index in [1.807, 2.05) is 11.7 Å². The van der Waals surface area contributed by atoms with Gasteiger partial charge in [-0.25, -0.2) is 8.78 Å². The highest BCUT2D eigenvalue weighted by Crippen LogP contribution is 2.26. The number of aryl methyl sites for hydroxylation is 1. The quantitative estimate of drug-likeness (QED) is 0.942. The molecule has 1 aromatic carbocycles. The molecular formula is C16H19F2N3. The standard InChI is InChI=1S/C16H19F2N3/c1-21-16(12-4-6-19-7-5-12)10-13(20-21)8-11-2-3-14(17)15(18)9-11/h2-3,9-10,12,19H,4-8H2,1H3. The first-order chi connectivity index (χ1) is 10.1. The minimum Gasteiger partial charge on any atom is -0.317 e. The number of piperidine rings is 1. The summed E-state index contributed by atoms with van der Waals surface area (Å²) < 4.78 is 28.1. The Balaban J connectivity index is 1.78. The van der Waals surface area contributed by atoms with E-state index >= 15 is 0 Å². The van der Waals surface area contributed by atoms with Crippen molar-refractivity contribution < 1.29 is 8.78 Å². The van der Waals surface area contributed by atoms with Crippen molar-refractivity contribution in [3.63, 3.8) is 0 Å². The monoisotopic (exact) mass is 291 g/mol. The second kappa shape index (κ2) is 5.93. The average molecular weight is 291 g/mol. The van der Waals surface area contributed by atoms with E-state index in [-0.39, 0.29) is 0 Å². The summed E-state index contributed by atoms with van der Waals surface area (Å²) in [4.78, 5) is 0. The molecule has 5 heteroatoms. The number of halogens is 2. The van der Waals surface area contributed by atoms with Crippen molar-refractivity contribution >= 4 is 0 Å². The van der Waals surface area contributed by atoms with E-state index in [1.54, 1.807) is 6.07 Å². The van der Waals surface area contributed by atoms with E-state index in [4.69, 9.17) is 0 Å². The molecule has 1 aliphatic rings. The predicted octanol–water partition coefficient (Wildman–Crippen LogP) is 2.76. The molecule has 0 amide bonds. The number of hydrogen-bond acceptors (Lipinski definition) is 2. The molecule has 112 valence electrons. The fourth-order valence-electron chi connectivity index (χ4n) is 2.99. The van der Waals surface area contributed by atoms with Crippen LogP contribution in [0.2, 0.25) is 0 Å². The van der Waals surface area contributed by atoms with Gasteiger partial charge in [0.05, 0.1) is 5.69 Å². The highest BCUT2D eigenvalue weighted by atomic mass is 19.2. The van der Waals surface area contributed by atoms with Crippen LogP contribution in [0, 0.1) is 11.6 Å². The van der Waals surface area contributed by atoms with Crippen LogP contribution in [0.1, 0.15) is 35.7 Å². The lowest BCUT2D eigenvalue weighted by Gasteiger charge is -2.22. The highest BCUT2D eigenvalue weighted by Gasteiger charge is 2.19. The van der Waals surface area contributed by atoms with Gasteiger partial charge in [-0.15, -0.1) is 0 Å². The number of hydrogen-bond donors (Lipinski definition) is 1. The van der Waals surface area contributed by atoms with Crippen LogP contribution < -0.4 is 5.32 Å². The van der Waals surface area contributed by atoms with Crippen LogP contribution in [0.15, 0.2) is 24.3 Å². The molecule has 1 saturated heterocycles. The van der Waals surface area contributed by atoms with Gasteiger partial charge in [-0.05, 0) is 49.7 Å². The number of aromatic nitrogens is 2. The molecular weight excluding hydrogens is 272 g/mol. The molecule has 1 fully saturated rings. The van der Waals surface area contributed by atoms with Gasteiger partial charge in [-0.3, -0.25) is 4.68 Å². The summed E-state index contributed by atoms with van der Waals surface area (Å²) in [7, 11) is 1.95. The van der Waals surface area contributed by atoms with Crippen molar-refractivity contribution in [1.82, 2.24) is 15.1 Å². The maximum atomic E-state index is 13.2. The third-order valence-corrected chi connectivity index (χ3v) is 4.09. The topological polar surface area (TPSA) is 29.9 Å². The molecule has 1 N–H and O–H groups in total. The van der Waals surface area contributed by atoms with E-state index in [0.29, 0.717) is 12.3 Å². The van der Waals surface area contributed by atoms with E-state index < -0.39 is 11.6 Å². The fourth-order valence-corrected chi connectivity index (χ4v) is 2.99. The van der Waals surface area contributed by atoms with Crippen LogP contribution >= 0.6 is 0 Å². The number of benzene rings is 1. The summed E-state index contributed by atoms with van der Waals surface area (Å²) in [5.41, 5.74) is 2.87. The Bertz CT molecular complexity index is 630. The summed E-state index contributed by atoms with van der Waals surface area (Å²) in [6.45, 7) is 2.07. The summed E-state index contributed by atoms with van der Waals surface area (Å²) in [5.74, 6) is -1.08. The van der Waals surface area contributed by atoms with Crippen LogP contribution in [0.4, 0.5) is 8.78 Å². The first kappa shape index (κ1) is 14.2. The number of nitrogens with zero attached hydrogens (tertiary/aromatic N) is 2. The lowest BCUT2D eigenvalue weighted by molar-refractivity contribution is 0.440. The fraction of sp³-hybridized carbons (Fsp3) is 0.438. The smallest absolute Gasteiger partial charge is 0.159 e. The first-order valence-electron chi connectivity index (χ1n) is 7.31. The minimum absolute atomic E-state index is 0.524. The van der Waals surface area contributed by atoms with Crippen molar-refractivity contribution in [2.24, 2.45) is 7.05 Å². The molecule has 0 aliphatic carbocycles. The predicted molar refractivity (Wildman–Crippen MR) is 77.2 cm³/mol. The molecule has 2 aromatic rings. The molecule has 0 spiro atoms. The van der Waals surface area contributed by atoms with Crippen LogP contribution in [0.25, 0.3) is 0 Å². The molecule has 0 bridgehead atoms. The van der Waals surface area contributed by atoms with Crippen molar-refractivity contribution in [1.29, 1.82) is 0 Å². The second-order valence-electron chi connectivity index (χ2n) is 5.63. The van der Waals surface area contributed by atoms with Crippen molar-refractivity contribution in [2.45, 2.75) is 25.2 Å². The van der Waals surface area contributed by atoms with Gasteiger partial charge < -0.3 is 5.32 Å². The SMILES string of the molecule is Cn1nc(Cc2ccc(F)c(F)c2)cc1C1CCNCC1. The average Bonchev–Trinajstić information content (AvgIpc) is 2.84. The van der Waals surface area contributed by atoms with Crippen LogP contribution in [-0.4, -0.2) is 22.9 Å². The maximum absolute atomic E-state index is 13.2. The van der Waals surface area contributed by atoms with E-state index in [9.17, 15) is 8.78 Å². The number of rotatable bonds is 3. The Morgan fingerprint density at radius 3 is 2.67 bits per heavy atom. The van der Waals surface area contributed by atoms with Gasteiger partial charge in [-0.1, -0.05) is 6.07 Å². The van der Waals surface area contributed by atoms with Crippen LogP contribution in [0.3, 0.4) is 0 Å². The second-order valence-corrected chi connectivity index (χ2v) is 5.63. The number of nitrogens with one attached hydrogen (secondary N) is 1. The highest BCUT2D eigenvalue weighted by molar-refractivity contribution is 5.25. The first-order valence-corrected chi connectivity index (χ1v) is 7.31. The molecule has 21 heavy (non-hydrogen) atoms. The van der Waals surface area contributed by atoms with Gasteiger partial charge in [-0.2, -0.15) is 5.10 Å². The third-order valence-electron chi connectivity index (χ3n) is 4.09. The summed E-state index contributed by atoms with van der Waals surface area (Å²) in [6.07, 6.45) is 2.75. The van der Waals surface area contributed by atoms with Gasteiger partial charge in [0.2, 0.25) is 0 Å². The van der Waals surface area contributed by atoms with E-state index in [0.717, 1.165) is 37.2 Å². The lowest BCUT2D eigenvalue weighted by atomic mass is 9.94. The summed E-state index contributed by atoms with van der Waals surface area (Å²) in [6, 6.07) is 6.12. The van der Waals surface area contributed by atoms with Crippen LogP contribution in [0.5, 0.6) is 0 Å². The van der Waals surface area contributed by atoms with Crippen molar-refractivity contribution in [2.75, 3.05) is 13.1 Å². The minimum atomic E-state index is -0.810. The Morgan fingerprint density at radius 2 is 1.95 bits per heavy atom. The van der Waals surface area contributed by atoms with Crippen molar-refractivity contribution in [3.05, 3.63) is 52.9 Å². The van der Waals surface area contributed by atoms with Gasteiger partial charge in [0.25, 0.3) is 0 Å². The van der Waals surface area contributed by atoms with Gasteiger partial charge in [0.15, 0.2) is 11.6 Å². The van der Waals surface area contributed by atoms with Crippen LogP contribution in [-0.2, 0) is 13.5 Å². The zero-order valence-corrected chi connectivity index (χ0v) is 12.1. The molecule has 1 aliphatic heterocycles. The molecule has 3 nitrogen and oxygen atoms in total. The van der Waals surface area contributed by atoms with Gasteiger partial charge in [0, 0.05) is 25.1 Å². The molecule has 0 atom stereocenters. The molecule has 0 saturated carbocycles. The van der Waals surface area contributed by atoms with E-state index in [1.165, 1.54) is 17.8 Å². The van der Waals surface area contributed by atoms with Crippen molar-refractivity contribution in [3.8, 4) is 0 Å². The van der Waals surface area contributed by atoms with Gasteiger partial charge in [0.1, 0.15) is 0 Å². The molecule has 1 aromatic heterocycles. The lowest BCUT2D eigenvalue weighted by Crippen LogP contribution is -2.27. The Labute approximate surface area is 123 Å². The zero-order chi connectivity index (χ0) is 14.8.